The molecule has 1 aromatic rings. The molecular formula is C22H35N3O3. The molecule has 156 valence electrons. The maximum atomic E-state index is 12.4. The van der Waals surface area contributed by atoms with Crippen molar-refractivity contribution in [3.8, 4) is 5.75 Å². The van der Waals surface area contributed by atoms with E-state index in [-0.39, 0.29) is 11.8 Å². The number of aromatic hydroxyl groups is 1. The standard InChI is InChI=1S/C22H35N3O3/c1-17-14-18(5-6-21(17)26)15-24-11-7-20(8-12-24)25-10-3-4-19(16-25)22(27)23-9-13-28-2/h5-6,14,19-20,26H,3-4,7-13,15-16H2,1-2H3,(H,23,27)/t19-/m0/s1. The number of aryl methyl sites for hydroxylation is 1. The fraction of sp³-hybridized carbons (Fsp3) is 0.682. The number of ether oxygens (including phenoxy) is 1. The molecule has 2 fully saturated rings. The Morgan fingerprint density at radius 1 is 1.25 bits per heavy atom. The first-order valence-corrected chi connectivity index (χ1v) is 10.6. The van der Waals surface area contributed by atoms with Gasteiger partial charge in [-0.1, -0.05) is 12.1 Å². The average molecular weight is 390 g/mol. The number of hydrogen-bond acceptors (Lipinski definition) is 5. The zero-order valence-electron chi connectivity index (χ0n) is 17.3. The van der Waals surface area contributed by atoms with Gasteiger partial charge in [-0.05, 0) is 69.4 Å². The largest absolute Gasteiger partial charge is 0.508 e. The fourth-order valence-electron chi connectivity index (χ4n) is 4.49. The van der Waals surface area contributed by atoms with E-state index in [0.717, 1.165) is 64.0 Å². The van der Waals surface area contributed by atoms with Gasteiger partial charge in [0, 0.05) is 32.8 Å². The van der Waals surface area contributed by atoms with Crippen molar-refractivity contribution >= 4 is 5.91 Å². The number of phenols is 1. The molecule has 2 N–H and O–H groups in total. The SMILES string of the molecule is COCCNC(=O)[C@H]1CCCN(C2CCN(Cc3ccc(O)c(C)c3)CC2)C1. The van der Waals surface area contributed by atoms with Gasteiger partial charge in [0.25, 0.3) is 0 Å². The number of rotatable bonds is 7. The Bertz CT molecular complexity index is 644. The van der Waals surface area contributed by atoms with Gasteiger partial charge in [0.15, 0.2) is 0 Å². The van der Waals surface area contributed by atoms with Crippen LogP contribution >= 0.6 is 0 Å². The van der Waals surface area contributed by atoms with Gasteiger partial charge in [0.2, 0.25) is 5.91 Å². The van der Waals surface area contributed by atoms with E-state index in [4.69, 9.17) is 4.74 Å². The molecule has 0 aromatic heterocycles. The van der Waals surface area contributed by atoms with E-state index < -0.39 is 0 Å². The van der Waals surface area contributed by atoms with Gasteiger partial charge in [0.1, 0.15) is 5.75 Å². The van der Waals surface area contributed by atoms with E-state index in [2.05, 4.69) is 21.2 Å². The molecule has 0 unspecified atom stereocenters. The normalized spacial score (nSPS) is 22.3. The summed E-state index contributed by atoms with van der Waals surface area (Å²) in [6, 6.07) is 6.49. The number of carbonyl (C=O) groups is 1. The number of methoxy groups -OCH3 is 1. The molecule has 0 bridgehead atoms. The zero-order chi connectivity index (χ0) is 19.9. The summed E-state index contributed by atoms with van der Waals surface area (Å²) in [7, 11) is 1.66. The summed E-state index contributed by atoms with van der Waals surface area (Å²) in [5, 5.41) is 12.7. The lowest BCUT2D eigenvalue weighted by atomic mass is 9.93. The molecule has 1 atom stereocenters. The Kier molecular flexibility index (Phi) is 7.71. The summed E-state index contributed by atoms with van der Waals surface area (Å²) >= 11 is 0. The average Bonchev–Trinajstić information content (AvgIpc) is 2.71. The molecule has 0 saturated carbocycles. The lowest BCUT2D eigenvalue weighted by Crippen LogP contribution is -2.50. The van der Waals surface area contributed by atoms with E-state index in [0.29, 0.717) is 24.9 Å². The molecule has 1 aromatic carbocycles. The van der Waals surface area contributed by atoms with Crippen LogP contribution in [0.1, 0.15) is 36.8 Å². The Morgan fingerprint density at radius 2 is 2.04 bits per heavy atom. The number of piperidine rings is 2. The molecule has 6 heteroatoms. The van der Waals surface area contributed by atoms with Gasteiger partial charge in [0.05, 0.1) is 12.5 Å². The first-order chi connectivity index (χ1) is 13.6. The zero-order valence-corrected chi connectivity index (χ0v) is 17.3. The van der Waals surface area contributed by atoms with Gasteiger partial charge in [-0.2, -0.15) is 0 Å². The van der Waals surface area contributed by atoms with Crippen LogP contribution in [0, 0.1) is 12.8 Å². The second-order valence-corrected chi connectivity index (χ2v) is 8.25. The smallest absolute Gasteiger partial charge is 0.224 e. The van der Waals surface area contributed by atoms with Crippen molar-refractivity contribution in [2.75, 3.05) is 46.4 Å². The molecule has 3 rings (SSSR count). The molecular weight excluding hydrogens is 354 g/mol. The summed E-state index contributed by atoms with van der Waals surface area (Å²) in [6.45, 7) is 8.24. The molecule has 2 aliphatic heterocycles. The lowest BCUT2D eigenvalue weighted by Gasteiger charge is -2.42. The Morgan fingerprint density at radius 3 is 2.75 bits per heavy atom. The van der Waals surface area contributed by atoms with Gasteiger partial charge < -0.3 is 15.2 Å². The third kappa shape index (κ3) is 5.69. The third-order valence-electron chi connectivity index (χ3n) is 6.17. The number of nitrogens with one attached hydrogen (secondary N) is 1. The molecule has 28 heavy (non-hydrogen) atoms. The molecule has 2 saturated heterocycles. The van der Waals surface area contributed by atoms with Crippen molar-refractivity contribution in [1.82, 2.24) is 15.1 Å². The van der Waals surface area contributed by atoms with E-state index >= 15 is 0 Å². The first-order valence-electron chi connectivity index (χ1n) is 10.6. The van der Waals surface area contributed by atoms with Crippen molar-refractivity contribution in [3.05, 3.63) is 29.3 Å². The highest BCUT2D eigenvalue weighted by Crippen LogP contribution is 2.25. The topological polar surface area (TPSA) is 65.0 Å². The minimum absolute atomic E-state index is 0.114. The highest BCUT2D eigenvalue weighted by molar-refractivity contribution is 5.78. The third-order valence-corrected chi connectivity index (χ3v) is 6.17. The van der Waals surface area contributed by atoms with Crippen molar-refractivity contribution in [2.45, 2.75) is 45.2 Å². The van der Waals surface area contributed by atoms with Crippen molar-refractivity contribution in [3.63, 3.8) is 0 Å². The minimum atomic E-state index is 0.114. The van der Waals surface area contributed by atoms with Crippen molar-refractivity contribution in [2.24, 2.45) is 5.92 Å². The number of nitrogens with zero attached hydrogens (tertiary/aromatic N) is 2. The molecule has 1 amide bonds. The second kappa shape index (κ2) is 10.2. The Balaban J connectivity index is 1.45. The second-order valence-electron chi connectivity index (χ2n) is 8.25. The summed E-state index contributed by atoms with van der Waals surface area (Å²) in [5.74, 6) is 0.666. The van der Waals surface area contributed by atoms with Gasteiger partial charge in [-0.25, -0.2) is 0 Å². The summed E-state index contributed by atoms with van der Waals surface area (Å²) in [5.41, 5.74) is 2.20. The van der Waals surface area contributed by atoms with Crippen LogP contribution in [0.3, 0.4) is 0 Å². The summed E-state index contributed by atoms with van der Waals surface area (Å²) in [6.07, 6.45) is 4.42. The van der Waals surface area contributed by atoms with Gasteiger partial charge >= 0.3 is 0 Å². The summed E-state index contributed by atoms with van der Waals surface area (Å²) in [4.78, 5) is 17.4. The van der Waals surface area contributed by atoms with Crippen LogP contribution in [0.2, 0.25) is 0 Å². The van der Waals surface area contributed by atoms with Crippen LogP contribution in [0.5, 0.6) is 5.75 Å². The van der Waals surface area contributed by atoms with Crippen LogP contribution in [-0.4, -0.2) is 73.3 Å². The quantitative estimate of drug-likeness (QED) is 0.700. The molecule has 0 aliphatic carbocycles. The van der Waals surface area contributed by atoms with E-state index in [1.54, 1.807) is 13.2 Å². The van der Waals surface area contributed by atoms with E-state index in [9.17, 15) is 9.90 Å². The van der Waals surface area contributed by atoms with Crippen LogP contribution in [0.25, 0.3) is 0 Å². The van der Waals surface area contributed by atoms with Crippen LogP contribution in [0.4, 0.5) is 0 Å². The van der Waals surface area contributed by atoms with Gasteiger partial charge in [-0.15, -0.1) is 0 Å². The molecule has 0 radical (unpaired) electrons. The lowest BCUT2D eigenvalue weighted by molar-refractivity contribution is -0.127. The van der Waals surface area contributed by atoms with Crippen LogP contribution in [-0.2, 0) is 16.1 Å². The first kappa shape index (κ1) is 21.1. The van der Waals surface area contributed by atoms with Crippen molar-refractivity contribution in [1.29, 1.82) is 0 Å². The predicted octanol–water partition coefficient (Wildman–Crippen LogP) is 2.14. The van der Waals surface area contributed by atoms with E-state index in [1.807, 2.05) is 13.0 Å². The maximum absolute atomic E-state index is 12.4. The number of hydrogen-bond donors (Lipinski definition) is 2. The predicted molar refractivity (Wildman–Crippen MR) is 110 cm³/mol. The Hall–Kier alpha value is -1.63. The van der Waals surface area contributed by atoms with Crippen molar-refractivity contribution < 1.29 is 14.6 Å². The molecule has 2 aliphatic rings. The fourth-order valence-corrected chi connectivity index (χ4v) is 4.49. The Labute approximate surface area is 168 Å². The number of phenolic OH excluding ortho intramolecular Hbond substituents is 1. The molecule has 2 heterocycles. The van der Waals surface area contributed by atoms with Gasteiger partial charge in [-0.3, -0.25) is 14.6 Å². The minimum Gasteiger partial charge on any atom is -0.508 e. The number of carbonyl (C=O) groups excluding carboxylic acids is 1. The number of amides is 1. The maximum Gasteiger partial charge on any atom is 0.224 e. The highest BCUT2D eigenvalue weighted by atomic mass is 16.5. The number of likely N-dealkylation sites (tertiary alicyclic amines) is 2. The van der Waals surface area contributed by atoms with Crippen LogP contribution in [0.15, 0.2) is 18.2 Å². The summed E-state index contributed by atoms with van der Waals surface area (Å²) < 4.78 is 5.02. The highest BCUT2D eigenvalue weighted by Gasteiger charge is 2.31. The van der Waals surface area contributed by atoms with Crippen LogP contribution < -0.4 is 5.32 Å². The molecule has 6 nitrogen and oxygen atoms in total. The molecule has 0 spiro atoms. The monoisotopic (exact) mass is 389 g/mol. The van der Waals surface area contributed by atoms with E-state index in [1.165, 1.54) is 5.56 Å². The number of benzene rings is 1.